The maximum Gasteiger partial charge on any atom is 0.282 e. The number of amides is 1. The molecule has 5 nitrogen and oxygen atoms in total. The van der Waals surface area contributed by atoms with Crippen LogP contribution in [0.2, 0.25) is 0 Å². The number of carbonyl (C=O) groups is 1. The number of halogens is 1. The molecular weight excluding hydrogens is 358 g/mol. The summed E-state index contributed by atoms with van der Waals surface area (Å²) in [5.74, 6) is -0.147. The summed E-state index contributed by atoms with van der Waals surface area (Å²) >= 11 is 7.35. The van der Waals surface area contributed by atoms with Gasteiger partial charge in [0.25, 0.3) is 5.91 Å². The fraction of sp³-hybridized carbons (Fsp3) is 0.0556. The van der Waals surface area contributed by atoms with Crippen molar-refractivity contribution >= 4 is 40.0 Å². The van der Waals surface area contributed by atoms with Gasteiger partial charge in [-0.15, -0.1) is 10.2 Å². The van der Waals surface area contributed by atoms with Crippen molar-refractivity contribution in [3.63, 3.8) is 0 Å². The van der Waals surface area contributed by atoms with Gasteiger partial charge in [-0.1, -0.05) is 65.4 Å². The monoisotopic (exact) mass is 371 g/mol. The summed E-state index contributed by atoms with van der Waals surface area (Å²) in [4.78, 5) is 12.2. The predicted molar refractivity (Wildman–Crippen MR) is 99.4 cm³/mol. The second-order valence-electron chi connectivity index (χ2n) is 5.17. The highest BCUT2D eigenvalue weighted by molar-refractivity contribution is 7.15. The van der Waals surface area contributed by atoms with Crippen LogP contribution in [0.4, 0.5) is 0 Å². The largest absolute Gasteiger partial charge is 0.508 e. The smallest absolute Gasteiger partial charge is 0.282 e. The maximum atomic E-state index is 12.2. The minimum atomic E-state index is -0.297. The Bertz CT molecular complexity index is 909. The molecule has 0 atom stereocenters. The number of rotatable bonds is 5. The van der Waals surface area contributed by atoms with E-state index in [1.165, 1.54) is 0 Å². The fourth-order valence-corrected chi connectivity index (χ4v) is 3.04. The van der Waals surface area contributed by atoms with Gasteiger partial charge in [0.15, 0.2) is 5.01 Å². The van der Waals surface area contributed by atoms with Crippen molar-refractivity contribution in [2.75, 3.05) is 0 Å². The Morgan fingerprint density at radius 1 is 1.12 bits per heavy atom. The van der Waals surface area contributed by atoms with Gasteiger partial charge in [-0.25, -0.2) is 0 Å². The van der Waals surface area contributed by atoms with E-state index in [1.807, 2.05) is 30.3 Å². The van der Waals surface area contributed by atoms with E-state index in [1.54, 1.807) is 30.3 Å². The lowest BCUT2D eigenvalue weighted by molar-refractivity contribution is 0.0950. The topological polar surface area (TPSA) is 75.1 Å². The van der Waals surface area contributed by atoms with E-state index in [9.17, 15) is 9.90 Å². The molecule has 0 radical (unpaired) electrons. The van der Waals surface area contributed by atoms with Crippen molar-refractivity contribution < 1.29 is 9.90 Å². The summed E-state index contributed by atoms with van der Waals surface area (Å²) in [5.41, 5.74) is 1.73. The molecule has 1 amide bonds. The number of aromatic nitrogens is 2. The van der Waals surface area contributed by atoms with Crippen molar-refractivity contribution in [1.29, 1.82) is 0 Å². The van der Waals surface area contributed by atoms with Crippen LogP contribution in [-0.2, 0) is 6.54 Å². The Kier molecular flexibility index (Phi) is 5.42. The summed E-state index contributed by atoms with van der Waals surface area (Å²) in [6.07, 6.45) is 1.66. The molecule has 3 aromatic rings. The first-order valence-electron chi connectivity index (χ1n) is 7.44. The van der Waals surface area contributed by atoms with E-state index in [-0.39, 0.29) is 16.7 Å². The molecule has 1 aromatic heterocycles. The molecule has 126 valence electrons. The molecule has 0 spiro atoms. The number of nitrogens with zero attached hydrogens (tertiary/aromatic N) is 2. The average Bonchev–Trinajstić information content (AvgIpc) is 3.11. The van der Waals surface area contributed by atoms with Crippen LogP contribution in [0.25, 0.3) is 11.1 Å². The summed E-state index contributed by atoms with van der Waals surface area (Å²) < 4.78 is 0. The van der Waals surface area contributed by atoms with E-state index in [0.717, 1.165) is 22.5 Å². The zero-order valence-corrected chi connectivity index (χ0v) is 14.6. The van der Waals surface area contributed by atoms with E-state index in [0.29, 0.717) is 16.6 Å². The minimum absolute atomic E-state index is 0.149. The van der Waals surface area contributed by atoms with Gasteiger partial charge in [0.05, 0.1) is 5.03 Å². The molecule has 0 aliphatic heterocycles. The van der Waals surface area contributed by atoms with Gasteiger partial charge in [0.1, 0.15) is 5.75 Å². The van der Waals surface area contributed by atoms with Gasteiger partial charge in [0.2, 0.25) is 5.01 Å². The Hall–Kier alpha value is -2.70. The van der Waals surface area contributed by atoms with Gasteiger partial charge in [-0.2, -0.15) is 0 Å². The zero-order chi connectivity index (χ0) is 17.6. The van der Waals surface area contributed by atoms with Crippen molar-refractivity contribution in [2.24, 2.45) is 0 Å². The SMILES string of the molecule is O=C(NCc1ccccc1)c1nnc(C(Cl)=Cc2cccc(O)c2)s1. The molecule has 0 bridgehead atoms. The molecule has 7 heteroatoms. The van der Waals surface area contributed by atoms with Crippen molar-refractivity contribution in [2.45, 2.75) is 6.54 Å². The second-order valence-corrected chi connectivity index (χ2v) is 6.55. The molecular formula is C18H14ClN3O2S. The fourth-order valence-electron chi connectivity index (χ4n) is 2.09. The molecule has 0 saturated carbocycles. The third-order valence-electron chi connectivity index (χ3n) is 3.28. The summed E-state index contributed by atoms with van der Waals surface area (Å²) in [7, 11) is 0. The van der Waals surface area contributed by atoms with Crippen molar-refractivity contribution in [3.8, 4) is 5.75 Å². The minimum Gasteiger partial charge on any atom is -0.508 e. The molecule has 0 saturated heterocycles. The summed E-state index contributed by atoms with van der Waals surface area (Å²) in [5, 5.41) is 21.2. The highest BCUT2D eigenvalue weighted by atomic mass is 35.5. The Morgan fingerprint density at radius 3 is 2.64 bits per heavy atom. The van der Waals surface area contributed by atoms with Crippen LogP contribution < -0.4 is 5.32 Å². The van der Waals surface area contributed by atoms with Crippen LogP contribution in [-0.4, -0.2) is 21.2 Å². The van der Waals surface area contributed by atoms with Crippen LogP contribution in [0.15, 0.2) is 54.6 Å². The second kappa shape index (κ2) is 7.92. The van der Waals surface area contributed by atoms with E-state index in [4.69, 9.17) is 11.6 Å². The number of phenolic OH excluding ortho intramolecular Hbond substituents is 1. The number of nitrogens with one attached hydrogen (secondary N) is 1. The number of carbonyl (C=O) groups excluding carboxylic acids is 1. The summed E-state index contributed by atoms with van der Waals surface area (Å²) in [6.45, 7) is 0.418. The lowest BCUT2D eigenvalue weighted by Gasteiger charge is -2.02. The van der Waals surface area contributed by atoms with Gasteiger partial charge >= 0.3 is 0 Å². The van der Waals surface area contributed by atoms with Crippen LogP contribution in [0.5, 0.6) is 5.75 Å². The predicted octanol–water partition coefficient (Wildman–Crippen LogP) is 3.91. The average molecular weight is 372 g/mol. The van der Waals surface area contributed by atoms with Crippen molar-refractivity contribution in [1.82, 2.24) is 15.5 Å². The zero-order valence-electron chi connectivity index (χ0n) is 13.0. The highest BCUT2D eigenvalue weighted by Crippen LogP contribution is 2.26. The molecule has 0 fully saturated rings. The van der Waals surface area contributed by atoms with Crippen LogP contribution in [0.1, 0.15) is 25.9 Å². The van der Waals surface area contributed by atoms with E-state index < -0.39 is 0 Å². The van der Waals surface area contributed by atoms with Gasteiger partial charge in [-0.3, -0.25) is 4.79 Å². The molecule has 0 unspecified atom stereocenters. The lowest BCUT2D eigenvalue weighted by Crippen LogP contribution is -2.22. The Balaban J connectivity index is 1.68. The number of hydrogen-bond donors (Lipinski definition) is 2. The molecule has 0 aliphatic rings. The normalized spacial score (nSPS) is 11.3. The molecule has 1 heterocycles. The lowest BCUT2D eigenvalue weighted by atomic mass is 10.2. The first-order chi connectivity index (χ1) is 12.1. The number of hydrogen-bond acceptors (Lipinski definition) is 5. The molecule has 3 rings (SSSR count). The molecule has 0 aliphatic carbocycles. The van der Waals surface area contributed by atoms with Crippen LogP contribution in [0, 0.1) is 0 Å². The number of phenols is 1. The highest BCUT2D eigenvalue weighted by Gasteiger charge is 2.14. The van der Waals surface area contributed by atoms with Crippen LogP contribution >= 0.6 is 22.9 Å². The van der Waals surface area contributed by atoms with Gasteiger partial charge in [-0.05, 0) is 29.3 Å². The number of benzene rings is 2. The third-order valence-corrected chi connectivity index (χ3v) is 4.64. The molecule has 2 aromatic carbocycles. The van der Waals surface area contributed by atoms with Gasteiger partial charge < -0.3 is 10.4 Å². The van der Waals surface area contributed by atoms with E-state index in [2.05, 4.69) is 15.5 Å². The first-order valence-corrected chi connectivity index (χ1v) is 8.63. The quantitative estimate of drug-likeness (QED) is 0.713. The maximum absolute atomic E-state index is 12.2. The first kappa shape index (κ1) is 17.1. The Labute approximate surface area is 153 Å². The molecule has 25 heavy (non-hydrogen) atoms. The summed E-state index contributed by atoms with van der Waals surface area (Å²) in [6, 6.07) is 16.3. The third kappa shape index (κ3) is 4.65. The Morgan fingerprint density at radius 2 is 1.88 bits per heavy atom. The molecule has 2 N–H and O–H groups in total. The van der Waals surface area contributed by atoms with Crippen LogP contribution in [0.3, 0.4) is 0 Å². The number of aromatic hydroxyl groups is 1. The van der Waals surface area contributed by atoms with E-state index >= 15 is 0 Å². The van der Waals surface area contributed by atoms with Crippen molar-refractivity contribution in [3.05, 3.63) is 75.7 Å². The van der Waals surface area contributed by atoms with Gasteiger partial charge in [0, 0.05) is 6.54 Å². The standard InChI is InChI=1S/C18H14ClN3O2S/c19-15(10-13-7-4-8-14(23)9-13)17-21-22-18(25-17)16(24)20-11-12-5-2-1-3-6-12/h1-10,23H,11H2,(H,20,24).